The fourth-order valence-electron chi connectivity index (χ4n) is 3.43. The first-order valence-corrected chi connectivity index (χ1v) is 10.1. The van der Waals surface area contributed by atoms with Crippen LogP contribution < -0.4 is 4.74 Å². The first-order chi connectivity index (χ1) is 15.3. The second-order valence-electron chi connectivity index (χ2n) is 7.74. The summed E-state index contributed by atoms with van der Waals surface area (Å²) in [5, 5.41) is 0. The van der Waals surface area contributed by atoms with Crippen LogP contribution in [0.3, 0.4) is 0 Å². The number of aryl methyl sites for hydroxylation is 1. The number of carbonyl (C=O) groups excluding carboxylic acids is 4. The highest BCUT2D eigenvalue weighted by atomic mass is 19.1. The van der Waals surface area contributed by atoms with Gasteiger partial charge in [0.15, 0.2) is 23.8 Å². The van der Waals surface area contributed by atoms with Crippen LogP contribution in [-0.4, -0.2) is 60.7 Å². The molecule has 0 N–H and O–H groups in total. The number of hydrogen-bond donors (Lipinski definition) is 0. The molecule has 0 amide bonds. The number of ether oxygens (including phenoxy) is 6. The summed E-state index contributed by atoms with van der Waals surface area (Å²) in [5.74, 6) is -3.95. The SMILES string of the molecule is CC(=O)OCC1OC(Oc2ccc(C)cc2F)C(C)(OC(C)=O)C(OC(C)=O)C1OC(C)=O. The number of hydrogen-bond acceptors (Lipinski definition) is 10. The molecule has 1 fully saturated rings. The first kappa shape index (κ1) is 26.0. The maximum Gasteiger partial charge on any atom is 0.303 e. The van der Waals surface area contributed by atoms with Crippen molar-refractivity contribution in [2.45, 2.75) is 71.7 Å². The normalized spacial score (nSPS) is 26.6. The predicted octanol–water partition coefficient (Wildman–Crippen LogP) is 1.99. The summed E-state index contributed by atoms with van der Waals surface area (Å²) in [7, 11) is 0. The van der Waals surface area contributed by atoms with E-state index in [9.17, 15) is 23.6 Å². The van der Waals surface area contributed by atoms with Gasteiger partial charge in [-0.25, -0.2) is 4.39 Å². The summed E-state index contributed by atoms with van der Waals surface area (Å²) in [5.41, 5.74) is -1.26. The summed E-state index contributed by atoms with van der Waals surface area (Å²) in [4.78, 5) is 47.0. The minimum absolute atomic E-state index is 0.234. The second kappa shape index (κ2) is 10.6. The van der Waals surface area contributed by atoms with Crippen LogP contribution in [0, 0.1) is 12.7 Å². The van der Waals surface area contributed by atoms with Crippen molar-refractivity contribution in [2.75, 3.05) is 6.61 Å². The van der Waals surface area contributed by atoms with Gasteiger partial charge in [0.05, 0.1) is 0 Å². The van der Waals surface area contributed by atoms with E-state index in [1.807, 2.05) is 0 Å². The van der Waals surface area contributed by atoms with Crippen molar-refractivity contribution in [1.29, 1.82) is 0 Å². The van der Waals surface area contributed by atoms with E-state index in [0.29, 0.717) is 5.56 Å². The summed E-state index contributed by atoms with van der Waals surface area (Å²) in [6.45, 7) is 7.07. The molecule has 1 aliphatic rings. The Bertz CT molecular complexity index is 916. The highest BCUT2D eigenvalue weighted by Crippen LogP contribution is 2.38. The molecule has 0 aliphatic carbocycles. The molecule has 33 heavy (non-hydrogen) atoms. The van der Waals surface area contributed by atoms with Gasteiger partial charge in [-0.3, -0.25) is 19.2 Å². The molecule has 1 saturated heterocycles. The fraction of sp³-hybridized carbons (Fsp3) is 0.545. The first-order valence-electron chi connectivity index (χ1n) is 10.1. The van der Waals surface area contributed by atoms with Crippen molar-refractivity contribution < 1.29 is 52.0 Å². The Balaban J connectivity index is 2.57. The molecule has 0 aromatic heterocycles. The van der Waals surface area contributed by atoms with Gasteiger partial charge in [0.2, 0.25) is 11.9 Å². The van der Waals surface area contributed by atoms with Gasteiger partial charge in [-0.05, 0) is 31.5 Å². The quantitative estimate of drug-likeness (QED) is 0.432. The molecule has 1 heterocycles. The van der Waals surface area contributed by atoms with E-state index in [1.165, 1.54) is 19.1 Å². The third-order valence-electron chi connectivity index (χ3n) is 4.73. The molecule has 0 bridgehead atoms. The molecule has 5 atom stereocenters. The van der Waals surface area contributed by atoms with Gasteiger partial charge in [-0.15, -0.1) is 0 Å². The minimum atomic E-state index is -1.89. The Kier molecular flexibility index (Phi) is 8.37. The van der Waals surface area contributed by atoms with Crippen molar-refractivity contribution in [3.63, 3.8) is 0 Å². The third-order valence-corrected chi connectivity index (χ3v) is 4.73. The van der Waals surface area contributed by atoms with Crippen LogP contribution in [0.4, 0.5) is 4.39 Å². The third kappa shape index (κ3) is 6.64. The maximum absolute atomic E-state index is 14.5. The molecule has 5 unspecified atom stereocenters. The van der Waals surface area contributed by atoms with Crippen molar-refractivity contribution in [3.05, 3.63) is 29.6 Å². The molecule has 0 saturated carbocycles. The van der Waals surface area contributed by atoms with Gasteiger partial charge in [0.1, 0.15) is 12.7 Å². The van der Waals surface area contributed by atoms with E-state index in [4.69, 9.17) is 28.4 Å². The molecule has 0 spiro atoms. The maximum atomic E-state index is 14.5. The van der Waals surface area contributed by atoms with E-state index < -0.39 is 66.5 Å². The van der Waals surface area contributed by atoms with Crippen LogP contribution in [0.5, 0.6) is 5.75 Å². The number of carbonyl (C=O) groups is 4. The van der Waals surface area contributed by atoms with E-state index in [0.717, 1.165) is 27.7 Å². The van der Waals surface area contributed by atoms with Crippen LogP contribution >= 0.6 is 0 Å². The number of esters is 4. The van der Waals surface area contributed by atoms with Crippen molar-refractivity contribution in [2.24, 2.45) is 0 Å². The van der Waals surface area contributed by atoms with Crippen LogP contribution in [-0.2, 0) is 42.9 Å². The van der Waals surface area contributed by atoms with E-state index in [2.05, 4.69) is 0 Å². The standard InChI is InChI=1S/C22H27FO10/c1-11-7-8-17(16(23)9-11)31-21-22(6,33-15(5)27)20(30-14(4)26)19(29-13(3)25)18(32-21)10-28-12(2)24/h7-9,18-21H,10H2,1-6H3. The lowest BCUT2D eigenvalue weighted by Gasteiger charge is -2.49. The predicted molar refractivity (Wildman–Crippen MR) is 108 cm³/mol. The van der Waals surface area contributed by atoms with Crippen LogP contribution in [0.1, 0.15) is 40.2 Å². The zero-order chi connectivity index (χ0) is 24.9. The van der Waals surface area contributed by atoms with Crippen molar-refractivity contribution in [1.82, 2.24) is 0 Å². The van der Waals surface area contributed by atoms with E-state index >= 15 is 0 Å². The summed E-state index contributed by atoms with van der Waals surface area (Å²) in [6.07, 6.45) is -5.55. The van der Waals surface area contributed by atoms with Gasteiger partial charge in [-0.2, -0.15) is 0 Å². The molecule has 1 aromatic carbocycles. The van der Waals surface area contributed by atoms with Crippen molar-refractivity contribution >= 4 is 23.9 Å². The zero-order valence-corrected chi connectivity index (χ0v) is 19.2. The molecule has 182 valence electrons. The molecule has 1 aliphatic heterocycles. The average molecular weight is 470 g/mol. The summed E-state index contributed by atoms with van der Waals surface area (Å²) in [6, 6.07) is 4.16. The Morgan fingerprint density at radius 2 is 1.64 bits per heavy atom. The topological polar surface area (TPSA) is 124 Å². The molecular formula is C22H27FO10. The highest BCUT2D eigenvalue weighted by Gasteiger charge is 2.61. The van der Waals surface area contributed by atoms with Gasteiger partial charge in [-0.1, -0.05) is 6.07 Å². The van der Waals surface area contributed by atoms with Gasteiger partial charge >= 0.3 is 23.9 Å². The van der Waals surface area contributed by atoms with Crippen molar-refractivity contribution in [3.8, 4) is 5.75 Å². The second-order valence-corrected chi connectivity index (χ2v) is 7.74. The van der Waals surface area contributed by atoms with Crippen LogP contribution in [0.25, 0.3) is 0 Å². The molecule has 2 rings (SSSR count). The number of halogens is 1. The molecule has 1 aromatic rings. The minimum Gasteiger partial charge on any atom is -0.463 e. The molecule has 10 nitrogen and oxygen atoms in total. The van der Waals surface area contributed by atoms with Crippen LogP contribution in [0.15, 0.2) is 18.2 Å². The molecule has 0 radical (unpaired) electrons. The molecule has 11 heteroatoms. The Labute approximate surface area is 190 Å². The average Bonchev–Trinajstić information content (AvgIpc) is 2.66. The number of benzene rings is 1. The fourth-order valence-corrected chi connectivity index (χ4v) is 3.43. The largest absolute Gasteiger partial charge is 0.463 e. The van der Waals surface area contributed by atoms with Gasteiger partial charge in [0, 0.05) is 27.7 Å². The van der Waals surface area contributed by atoms with E-state index in [1.54, 1.807) is 13.0 Å². The molecular weight excluding hydrogens is 443 g/mol. The van der Waals surface area contributed by atoms with Gasteiger partial charge in [0.25, 0.3) is 0 Å². The lowest BCUT2D eigenvalue weighted by molar-refractivity contribution is -0.321. The highest BCUT2D eigenvalue weighted by molar-refractivity contribution is 5.69. The van der Waals surface area contributed by atoms with E-state index in [-0.39, 0.29) is 5.75 Å². The number of rotatable bonds is 7. The lowest BCUT2D eigenvalue weighted by Crippen LogP contribution is -2.70. The zero-order valence-electron chi connectivity index (χ0n) is 19.2. The monoisotopic (exact) mass is 470 g/mol. The lowest BCUT2D eigenvalue weighted by atomic mass is 9.87. The summed E-state index contributed by atoms with van der Waals surface area (Å²) >= 11 is 0. The van der Waals surface area contributed by atoms with Gasteiger partial charge < -0.3 is 28.4 Å². The Morgan fingerprint density at radius 1 is 1.00 bits per heavy atom. The summed E-state index contributed by atoms with van der Waals surface area (Å²) < 4.78 is 47.2. The Morgan fingerprint density at radius 3 is 2.15 bits per heavy atom. The van der Waals surface area contributed by atoms with Crippen LogP contribution in [0.2, 0.25) is 0 Å². The Hall–Kier alpha value is -3.21. The smallest absolute Gasteiger partial charge is 0.303 e.